The summed E-state index contributed by atoms with van der Waals surface area (Å²) in [6.45, 7) is 6.05. The maximum atomic E-state index is 10.5. The first-order valence-corrected chi connectivity index (χ1v) is 4.21. The van der Waals surface area contributed by atoms with Crippen LogP contribution in [0.1, 0.15) is 6.92 Å². The number of ether oxygens (including phenoxy) is 1. The maximum absolute atomic E-state index is 10.5. The molecule has 1 amide bonds. The summed E-state index contributed by atoms with van der Waals surface area (Å²) in [6, 6.07) is 0. The summed E-state index contributed by atoms with van der Waals surface area (Å²) < 4.78 is 5.18. The lowest BCUT2D eigenvalue weighted by atomic mass is 9.95. The van der Waals surface area contributed by atoms with Crippen LogP contribution in [0, 0.1) is 11.8 Å². The van der Waals surface area contributed by atoms with Crippen molar-refractivity contribution in [2.75, 3.05) is 20.2 Å². The first-order chi connectivity index (χ1) is 6.49. The number of nitrogens with zero attached hydrogens (tertiary/aromatic N) is 1. The van der Waals surface area contributed by atoms with E-state index in [-0.39, 0.29) is 0 Å². The van der Waals surface area contributed by atoms with Gasteiger partial charge in [0.05, 0.1) is 13.1 Å². The number of methoxy groups -OCH3 is 1. The molecule has 1 heterocycles. The van der Waals surface area contributed by atoms with Crippen LogP contribution in [0.4, 0.5) is 4.79 Å². The highest BCUT2D eigenvalue weighted by Gasteiger charge is 2.44. The molecule has 0 bridgehead atoms. The Kier molecular flexibility index (Phi) is 2.82. The Morgan fingerprint density at radius 2 is 2.21 bits per heavy atom. The van der Waals surface area contributed by atoms with Crippen LogP contribution in [-0.4, -0.2) is 41.9 Å². The van der Waals surface area contributed by atoms with E-state index in [0.717, 1.165) is 5.57 Å². The normalized spacial score (nSPS) is 17.7. The van der Waals surface area contributed by atoms with Gasteiger partial charge < -0.3 is 14.7 Å². The molecule has 76 valence electrons. The molecule has 4 heteroatoms. The number of allylic oxidation sites excluding steroid dienone is 1. The summed E-state index contributed by atoms with van der Waals surface area (Å²) in [6.07, 6.45) is -0.935. The molecule has 0 saturated carbocycles. The lowest BCUT2D eigenvalue weighted by Crippen LogP contribution is -2.63. The number of carboxylic acid groups (broad SMARTS) is 1. The van der Waals surface area contributed by atoms with Gasteiger partial charge in [0.25, 0.3) is 0 Å². The zero-order chi connectivity index (χ0) is 10.8. The predicted molar refractivity (Wildman–Crippen MR) is 51.9 cm³/mol. The fraction of sp³-hybridized carbons (Fsp3) is 0.500. The van der Waals surface area contributed by atoms with Crippen molar-refractivity contribution in [3.63, 3.8) is 0 Å². The van der Waals surface area contributed by atoms with E-state index in [9.17, 15) is 4.79 Å². The van der Waals surface area contributed by atoms with E-state index in [1.54, 1.807) is 6.92 Å². The summed E-state index contributed by atoms with van der Waals surface area (Å²) in [4.78, 5) is 11.8. The van der Waals surface area contributed by atoms with Gasteiger partial charge in [-0.1, -0.05) is 18.4 Å². The number of likely N-dealkylation sites (tertiary alicyclic amines) is 1. The van der Waals surface area contributed by atoms with E-state index < -0.39 is 11.7 Å². The first kappa shape index (κ1) is 10.6. The molecule has 4 nitrogen and oxygen atoms in total. The van der Waals surface area contributed by atoms with Crippen molar-refractivity contribution in [3.05, 3.63) is 12.2 Å². The molecule has 0 aromatic heterocycles. The number of hydrogen-bond donors (Lipinski definition) is 1. The topological polar surface area (TPSA) is 49.8 Å². The van der Waals surface area contributed by atoms with Crippen LogP contribution in [-0.2, 0) is 4.74 Å². The smallest absolute Gasteiger partial charge is 0.407 e. The quantitative estimate of drug-likeness (QED) is 0.633. The van der Waals surface area contributed by atoms with Gasteiger partial charge >= 0.3 is 6.09 Å². The molecule has 0 radical (unpaired) electrons. The minimum atomic E-state index is -0.935. The average molecular weight is 195 g/mol. The maximum Gasteiger partial charge on any atom is 0.407 e. The molecule has 0 aliphatic carbocycles. The minimum Gasteiger partial charge on any atom is -0.465 e. The van der Waals surface area contributed by atoms with Gasteiger partial charge in [0.15, 0.2) is 5.60 Å². The van der Waals surface area contributed by atoms with Gasteiger partial charge in [-0.2, -0.15) is 0 Å². The van der Waals surface area contributed by atoms with E-state index in [0.29, 0.717) is 13.1 Å². The zero-order valence-electron chi connectivity index (χ0n) is 8.33. The predicted octanol–water partition coefficient (Wildman–Crippen LogP) is 0.945. The largest absolute Gasteiger partial charge is 0.465 e. The standard InChI is InChI=1S/C10H13NO3/c1-8(2)4-5-10(14-3)6-11(7-10)9(12)13/h1,6-7H2,2-3H3,(H,12,13). The number of carbonyl (C=O) groups is 1. The number of hydrogen-bond acceptors (Lipinski definition) is 2. The van der Waals surface area contributed by atoms with Gasteiger partial charge in [0.2, 0.25) is 0 Å². The van der Waals surface area contributed by atoms with Crippen molar-refractivity contribution in [1.29, 1.82) is 0 Å². The van der Waals surface area contributed by atoms with Gasteiger partial charge in [-0.25, -0.2) is 4.79 Å². The van der Waals surface area contributed by atoms with E-state index >= 15 is 0 Å². The van der Waals surface area contributed by atoms with Crippen LogP contribution in [0.15, 0.2) is 12.2 Å². The molecule has 1 aliphatic heterocycles. The van der Waals surface area contributed by atoms with Crippen molar-refractivity contribution in [1.82, 2.24) is 4.90 Å². The van der Waals surface area contributed by atoms with Crippen molar-refractivity contribution in [2.24, 2.45) is 0 Å². The van der Waals surface area contributed by atoms with Gasteiger partial charge in [-0.3, -0.25) is 0 Å². The molecule has 14 heavy (non-hydrogen) atoms. The number of amides is 1. The molecule has 0 aromatic carbocycles. The van der Waals surface area contributed by atoms with Crippen LogP contribution >= 0.6 is 0 Å². The van der Waals surface area contributed by atoms with Gasteiger partial charge in [0.1, 0.15) is 0 Å². The van der Waals surface area contributed by atoms with E-state index in [4.69, 9.17) is 9.84 Å². The van der Waals surface area contributed by atoms with Gasteiger partial charge in [0, 0.05) is 7.11 Å². The van der Waals surface area contributed by atoms with Crippen molar-refractivity contribution in [2.45, 2.75) is 12.5 Å². The Bertz CT molecular complexity index is 318. The first-order valence-electron chi connectivity index (χ1n) is 4.21. The third-order valence-electron chi connectivity index (χ3n) is 2.06. The summed E-state index contributed by atoms with van der Waals surface area (Å²) in [5.74, 6) is 5.70. The van der Waals surface area contributed by atoms with Crippen LogP contribution in [0.25, 0.3) is 0 Å². The fourth-order valence-electron chi connectivity index (χ4n) is 1.19. The fourth-order valence-corrected chi connectivity index (χ4v) is 1.19. The highest BCUT2D eigenvalue weighted by Crippen LogP contribution is 2.23. The van der Waals surface area contributed by atoms with Gasteiger partial charge in [-0.05, 0) is 12.5 Å². The van der Waals surface area contributed by atoms with Crippen molar-refractivity contribution >= 4 is 6.09 Å². The molecular formula is C10H13NO3. The molecular weight excluding hydrogens is 182 g/mol. The summed E-state index contributed by atoms with van der Waals surface area (Å²) >= 11 is 0. The Labute approximate surface area is 83.2 Å². The second-order valence-electron chi connectivity index (χ2n) is 3.37. The monoisotopic (exact) mass is 195 g/mol. The van der Waals surface area contributed by atoms with Crippen molar-refractivity contribution in [3.8, 4) is 11.8 Å². The van der Waals surface area contributed by atoms with Crippen LogP contribution in [0.5, 0.6) is 0 Å². The van der Waals surface area contributed by atoms with Crippen LogP contribution in [0.2, 0.25) is 0 Å². The highest BCUT2D eigenvalue weighted by atomic mass is 16.5. The third-order valence-corrected chi connectivity index (χ3v) is 2.06. The Balaban J connectivity index is 2.63. The lowest BCUT2D eigenvalue weighted by Gasteiger charge is -2.43. The van der Waals surface area contributed by atoms with E-state index in [2.05, 4.69) is 18.4 Å². The zero-order valence-corrected chi connectivity index (χ0v) is 8.33. The van der Waals surface area contributed by atoms with Crippen LogP contribution in [0.3, 0.4) is 0 Å². The van der Waals surface area contributed by atoms with Crippen LogP contribution < -0.4 is 0 Å². The number of rotatable bonds is 1. The van der Waals surface area contributed by atoms with E-state index in [1.807, 2.05) is 0 Å². The summed E-state index contributed by atoms with van der Waals surface area (Å²) in [5.41, 5.74) is 0.118. The Morgan fingerprint density at radius 3 is 2.57 bits per heavy atom. The SMILES string of the molecule is C=C(C)C#CC1(OC)CN(C(=O)O)C1. The second kappa shape index (κ2) is 3.72. The Hall–Kier alpha value is -1.47. The molecule has 0 atom stereocenters. The molecule has 1 rings (SSSR count). The van der Waals surface area contributed by atoms with Gasteiger partial charge in [-0.15, -0.1) is 0 Å². The molecule has 1 N–H and O–H groups in total. The molecule has 1 saturated heterocycles. The average Bonchev–Trinajstić information content (AvgIpc) is 2.02. The summed E-state index contributed by atoms with van der Waals surface area (Å²) in [5, 5.41) is 8.64. The molecule has 0 spiro atoms. The minimum absolute atomic E-state index is 0.305. The third kappa shape index (κ3) is 2.06. The Morgan fingerprint density at radius 1 is 1.64 bits per heavy atom. The highest BCUT2D eigenvalue weighted by molar-refractivity contribution is 5.67. The molecule has 1 aliphatic rings. The molecule has 0 unspecified atom stereocenters. The van der Waals surface area contributed by atoms with Crippen molar-refractivity contribution < 1.29 is 14.6 Å². The van der Waals surface area contributed by atoms with E-state index in [1.165, 1.54) is 12.0 Å². The second-order valence-corrected chi connectivity index (χ2v) is 3.37. The molecule has 0 aromatic rings. The molecule has 1 fully saturated rings. The lowest BCUT2D eigenvalue weighted by molar-refractivity contribution is -0.0698. The summed E-state index contributed by atoms with van der Waals surface area (Å²) in [7, 11) is 1.53.